The van der Waals surface area contributed by atoms with Crippen LogP contribution in [0.3, 0.4) is 0 Å². The van der Waals surface area contributed by atoms with Crippen LogP contribution < -0.4 is 16.0 Å². The Kier molecular flexibility index (Phi) is 5.81. The number of rotatable bonds is 5. The van der Waals surface area contributed by atoms with Gasteiger partial charge in [-0.1, -0.05) is 11.6 Å². The minimum Gasteiger partial charge on any atom is -0.352 e. The Hall–Kier alpha value is -1.79. The van der Waals surface area contributed by atoms with E-state index in [2.05, 4.69) is 20.9 Å². The second-order valence-corrected chi connectivity index (χ2v) is 7.36. The topological polar surface area (TPSA) is 73.5 Å². The van der Waals surface area contributed by atoms with Gasteiger partial charge in [0, 0.05) is 35.9 Å². The molecule has 136 valence electrons. The molecule has 2 aliphatic rings. The van der Waals surface area contributed by atoms with E-state index in [1.165, 1.54) is 0 Å². The molecule has 6 nitrogen and oxygen atoms in total. The lowest BCUT2D eigenvalue weighted by atomic mass is 10.1. The Labute approximate surface area is 153 Å². The highest BCUT2D eigenvalue weighted by Gasteiger charge is 2.26. The molecule has 1 saturated carbocycles. The van der Waals surface area contributed by atoms with Crippen molar-refractivity contribution in [1.82, 2.24) is 15.5 Å². The molecule has 1 aromatic carbocycles. The molecule has 1 heterocycles. The summed E-state index contributed by atoms with van der Waals surface area (Å²) in [6.45, 7) is 4.01. The molecule has 0 atom stereocenters. The van der Waals surface area contributed by atoms with Gasteiger partial charge in [0.1, 0.15) is 0 Å². The average molecular weight is 365 g/mol. The predicted molar refractivity (Wildman–Crippen MR) is 99.0 cm³/mol. The lowest BCUT2D eigenvalue weighted by Gasteiger charge is -2.31. The number of benzene rings is 1. The van der Waals surface area contributed by atoms with E-state index in [9.17, 15) is 9.59 Å². The highest BCUT2D eigenvalue weighted by atomic mass is 35.5. The van der Waals surface area contributed by atoms with Crippen LogP contribution in [0.2, 0.25) is 5.02 Å². The predicted octanol–water partition coefficient (Wildman–Crippen LogP) is 2.51. The number of urea groups is 1. The summed E-state index contributed by atoms with van der Waals surface area (Å²) in [7, 11) is 0. The fourth-order valence-corrected chi connectivity index (χ4v) is 3.13. The summed E-state index contributed by atoms with van der Waals surface area (Å²) >= 11 is 5.99. The summed E-state index contributed by atoms with van der Waals surface area (Å²) in [4.78, 5) is 26.1. The molecule has 3 amide bonds. The number of likely N-dealkylation sites (tertiary alicyclic amines) is 1. The second-order valence-electron chi connectivity index (χ2n) is 6.95. The molecule has 0 aromatic heterocycles. The molecule has 1 aliphatic carbocycles. The first kappa shape index (κ1) is 18.0. The van der Waals surface area contributed by atoms with E-state index >= 15 is 0 Å². The van der Waals surface area contributed by atoms with Crippen molar-refractivity contribution in [3.63, 3.8) is 0 Å². The molecule has 25 heavy (non-hydrogen) atoms. The van der Waals surface area contributed by atoms with Crippen molar-refractivity contribution in [1.29, 1.82) is 0 Å². The number of halogens is 1. The van der Waals surface area contributed by atoms with E-state index in [4.69, 9.17) is 11.6 Å². The van der Waals surface area contributed by atoms with Crippen LogP contribution in [0, 0.1) is 6.92 Å². The van der Waals surface area contributed by atoms with E-state index in [1.54, 1.807) is 12.1 Å². The number of anilines is 1. The number of piperidine rings is 1. The van der Waals surface area contributed by atoms with Gasteiger partial charge in [0.15, 0.2) is 0 Å². The summed E-state index contributed by atoms with van der Waals surface area (Å²) in [5.74, 6) is 0.116. The van der Waals surface area contributed by atoms with Crippen LogP contribution in [0.4, 0.5) is 10.5 Å². The second kappa shape index (κ2) is 8.06. The van der Waals surface area contributed by atoms with Crippen molar-refractivity contribution in [3.8, 4) is 0 Å². The SMILES string of the molecule is Cc1cc(NC(=O)NC2CCN(CC(=O)NC3CC3)CC2)ccc1Cl. The van der Waals surface area contributed by atoms with Gasteiger partial charge in [0.05, 0.1) is 6.54 Å². The Morgan fingerprint density at radius 3 is 2.44 bits per heavy atom. The van der Waals surface area contributed by atoms with Crippen LogP contribution in [-0.2, 0) is 4.79 Å². The molecular formula is C18H25ClN4O2. The quantitative estimate of drug-likeness (QED) is 0.751. The number of amides is 3. The standard InChI is InChI=1S/C18H25ClN4O2/c1-12-10-15(4-5-16(12)19)22-18(25)21-14-6-8-23(9-7-14)11-17(24)20-13-2-3-13/h4-5,10,13-14H,2-3,6-9,11H2,1H3,(H,20,24)(H2,21,22,25). The number of hydrogen-bond donors (Lipinski definition) is 3. The van der Waals surface area contributed by atoms with Crippen molar-refractivity contribution in [2.24, 2.45) is 0 Å². The van der Waals surface area contributed by atoms with Gasteiger partial charge in [-0.25, -0.2) is 4.79 Å². The monoisotopic (exact) mass is 364 g/mol. The van der Waals surface area contributed by atoms with Crippen LogP contribution in [0.5, 0.6) is 0 Å². The molecule has 2 fully saturated rings. The van der Waals surface area contributed by atoms with Gasteiger partial charge in [-0.2, -0.15) is 0 Å². The highest BCUT2D eigenvalue weighted by molar-refractivity contribution is 6.31. The number of carbonyl (C=O) groups excluding carboxylic acids is 2. The van der Waals surface area contributed by atoms with Gasteiger partial charge in [0.2, 0.25) is 5.91 Å². The molecule has 1 saturated heterocycles. The largest absolute Gasteiger partial charge is 0.352 e. The molecular weight excluding hydrogens is 340 g/mol. The number of aryl methyl sites for hydroxylation is 1. The molecule has 0 unspecified atom stereocenters. The van der Waals surface area contributed by atoms with E-state index in [0.29, 0.717) is 17.6 Å². The molecule has 0 radical (unpaired) electrons. The maximum absolute atomic E-state index is 12.1. The third-order valence-corrected chi connectivity index (χ3v) is 5.07. The Morgan fingerprint density at radius 2 is 1.80 bits per heavy atom. The van der Waals surface area contributed by atoms with Crippen LogP contribution in [-0.4, -0.2) is 48.6 Å². The van der Waals surface area contributed by atoms with Crippen molar-refractivity contribution in [2.45, 2.75) is 44.7 Å². The van der Waals surface area contributed by atoms with Gasteiger partial charge in [-0.05, 0) is 56.4 Å². The first-order valence-electron chi connectivity index (χ1n) is 8.85. The summed E-state index contributed by atoms with van der Waals surface area (Å²) < 4.78 is 0. The highest BCUT2D eigenvalue weighted by Crippen LogP contribution is 2.20. The van der Waals surface area contributed by atoms with E-state index in [0.717, 1.165) is 50.0 Å². The number of nitrogens with zero attached hydrogens (tertiary/aromatic N) is 1. The van der Waals surface area contributed by atoms with Gasteiger partial charge in [-0.15, -0.1) is 0 Å². The zero-order valence-corrected chi connectivity index (χ0v) is 15.2. The normalized spacial score (nSPS) is 18.6. The van der Waals surface area contributed by atoms with Crippen molar-refractivity contribution < 1.29 is 9.59 Å². The average Bonchev–Trinajstić information content (AvgIpc) is 3.36. The third kappa shape index (κ3) is 5.61. The van der Waals surface area contributed by atoms with E-state index in [1.807, 2.05) is 13.0 Å². The molecule has 1 aliphatic heterocycles. The maximum atomic E-state index is 12.1. The zero-order chi connectivity index (χ0) is 17.8. The molecule has 3 rings (SSSR count). The lowest BCUT2D eigenvalue weighted by Crippen LogP contribution is -2.48. The fourth-order valence-electron chi connectivity index (χ4n) is 3.01. The lowest BCUT2D eigenvalue weighted by molar-refractivity contribution is -0.122. The summed E-state index contributed by atoms with van der Waals surface area (Å²) in [6, 6.07) is 5.76. The zero-order valence-electron chi connectivity index (χ0n) is 14.5. The molecule has 7 heteroatoms. The molecule has 1 aromatic rings. The summed E-state index contributed by atoms with van der Waals surface area (Å²) in [6.07, 6.45) is 3.92. The van der Waals surface area contributed by atoms with Crippen molar-refractivity contribution in [3.05, 3.63) is 28.8 Å². The number of nitrogens with one attached hydrogen (secondary N) is 3. The van der Waals surface area contributed by atoms with Crippen LogP contribution in [0.25, 0.3) is 0 Å². The van der Waals surface area contributed by atoms with Gasteiger partial charge in [0.25, 0.3) is 0 Å². The van der Waals surface area contributed by atoms with Gasteiger partial charge in [-0.3, -0.25) is 9.69 Å². The Morgan fingerprint density at radius 1 is 1.12 bits per heavy atom. The van der Waals surface area contributed by atoms with Gasteiger partial charge < -0.3 is 16.0 Å². The van der Waals surface area contributed by atoms with Crippen LogP contribution >= 0.6 is 11.6 Å². The molecule has 0 bridgehead atoms. The number of carbonyl (C=O) groups is 2. The third-order valence-electron chi connectivity index (χ3n) is 4.65. The van der Waals surface area contributed by atoms with E-state index < -0.39 is 0 Å². The van der Waals surface area contributed by atoms with Gasteiger partial charge >= 0.3 is 6.03 Å². The molecule has 3 N–H and O–H groups in total. The first-order valence-corrected chi connectivity index (χ1v) is 9.23. The fraction of sp³-hybridized carbons (Fsp3) is 0.556. The smallest absolute Gasteiger partial charge is 0.319 e. The molecule has 0 spiro atoms. The summed E-state index contributed by atoms with van der Waals surface area (Å²) in [5.41, 5.74) is 1.66. The summed E-state index contributed by atoms with van der Waals surface area (Å²) in [5, 5.41) is 9.54. The minimum atomic E-state index is -0.202. The Bertz CT molecular complexity index is 640. The van der Waals surface area contributed by atoms with Crippen molar-refractivity contribution in [2.75, 3.05) is 25.0 Å². The Balaban J connectivity index is 1.38. The minimum absolute atomic E-state index is 0.116. The van der Waals surface area contributed by atoms with Crippen LogP contribution in [0.1, 0.15) is 31.2 Å². The first-order chi connectivity index (χ1) is 12.0. The number of hydrogen-bond acceptors (Lipinski definition) is 3. The van der Waals surface area contributed by atoms with E-state index in [-0.39, 0.29) is 18.0 Å². The van der Waals surface area contributed by atoms with Crippen LogP contribution in [0.15, 0.2) is 18.2 Å². The maximum Gasteiger partial charge on any atom is 0.319 e. The van der Waals surface area contributed by atoms with Crippen molar-refractivity contribution >= 4 is 29.2 Å².